The lowest BCUT2D eigenvalue weighted by Crippen LogP contribution is -2.56. The molecule has 6 aromatic rings. The average molecular weight is 792 g/mol. The third-order valence-corrected chi connectivity index (χ3v) is 10.5. The zero-order chi connectivity index (χ0) is 40.5. The number of benzene rings is 3. The lowest BCUT2D eigenvalue weighted by atomic mass is 9.83. The monoisotopic (exact) mass is 791 g/mol. The van der Waals surface area contributed by atoms with Crippen molar-refractivity contribution < 1.29 is 29.0 Å². The molecule has 0 spiro atoms. The molecule has 4 atom stereocenters. The van der Waals surface area contributed by atoms with Gasteiger partial charge in [0.2, 0.25) is 23.6 Å². The summed E-state index contributed by atoms with van der Waals surface area (Å²) in [6.07, 6.45) is 7.95. The Bertz CT molecular complexity index is 2340. The van der Waals surface area contributed by atoms with Crippen molar-refractivity contribution in [3.05, 3.63) is 125 Å². The number of phenols is 1. The summed E-state index contributed by atoms with van der Waals surface area (Å²) in [6, 6.07) is 18.8. The number of aromatic amines is 2. The van der Waals surface area contributed by atoms with Crippen LogP contribution in [0.25, 0.3) is 21.8 Å². The zero-order valence-corrected chi connectivity index (χ0v) is 32.4. The maximum atomic E-state index is 14.4. The van der Waals surface area contributed by atoms with Gasteiger partial charge in [0.1, 0.15) is 23.6 Å². The second kappa shape index (κ2) is 18.5. The number of hydrogen-bond acceptors (Lipinski definition) is 7. The van der Waals surface area contributed by atoms with Crippen LogP contribution in [0.5, 0.6) is 11.5 Å². The van der Waals surface area contributed by atoms with Crippen LogP contribution in [0, 0.1) is 11.8 Å². The van der Waals surface area contributed by atoms with E-state index < -0.39 is 47.5 Å². The Balaban J connectivity index is 1.24. The highest BCUT2D eigenvalue weighted by Gasteiger charge is 2.35. The number of amides is 4. The number of fused-ring (bicyclic) bond motifs is 2. The molecule has 13 nitrogen and oxygen atoms in total. The van der Waals surface area contributed by atoms with Crippen LogP contribution in [0.2, 0.25) is 5.02 Å². The maximum Gasteiger partial charge on any atom is 0.243 e. The van der Waals surface area contributed by atoms with E-state index in [2.05, 4.69) is 30.9 Å². The first kappa shape index (κ1) is 40.3. The number of nitrogens with one attached hydrogen (secondary N) is 5. The van der Waals surface area contributed by atoms with Gasteiger partial charge < -0.3 is 41.5 Å². The summed E-state index contributed by atoms with van der Waals surface area (Å²) in [7, 11) is 1.61. The van der Waals surface area contributed by atoms with Crippen molar-refractivity contribution in [2.75, 3.05) is 13.7 Å². The topological polar surface area (TPSA) is 204 Å². The molecule has 8 N–H and O–H groups in total. The molecular weight excluding hydrogens is 746 g/mol. The molecule has 0 fully saturated rings. The van der Waals surface area contributed by atoms with E-state index in [1.165, 1.54) is 0 Å². The van der Waals surface area contributed by atoms with E-state index in [9.17, 15) is 24.3 Å². The number of H-pyrrole nitrogens is 2. The Hall–Kier alpha value is -6.34. The molecule has 296 valence electrons. The van der Waals surface area contributed by atoms with Crippen LogP contribution >= 0.6 is 11.6 Å². The van der Waals surface area contributed by atoms with Crippen LogP contribution in [0.1, 0.15) is 35.6 Å². The fourth-order valence-electron chi connectivity index (χ4n) is 7.19. The van der Waals surface area contributed by atoms with Crippen molar-refractivity contribution in [1.82, 2.24) is 30.9 Å². The normalized spacial score (nSPS) is 13.4. The highest BCUT2D eigenvalue weighted by Crippen LogP contribution is 2.29. The van der Waals surface area contributed by atoms with Crippen LogP contribution in [0.3, 0.4) is 0 Å². The minimum Gasteiger partial charge on any atom is -0.508 e. The minimum absolute atomic E-state index is 0.0509. The number of halogens is 1. The largest absolute Gasteiger partial charge is 0.508 e. The van der Waals surface area contributed by atoms with Gasteiger partial charge in [-0.3, -0.25) is 24.2 Å². The molecule has 0 aliphatic heterocycles. The van der Waals surface area contributed by atoms with Crippen molar-refractivity contribution in [1.29, 1.82) is 0 Å². The first-order chi connectivity index (χ1) is 27.5. The Morgan fingerprint density at radius 2 is 1.39 bits per heavy atom. The molecule has 6 rings (SSSR count). The Morgan fingerprint density at radius 3 is 2.05 bits per heavy atom. The fraction of sp³-hybridized carbons (Fsp3) is 0.279. The molecule has 0 saturated heterocycles. The number of aromatic hydroxyl groups is 1. The van der Waals surface area contributed by atoms with Crippen molar-refractivity contribution in [3.63, 3.8) is 0 Å². The van der Waals surface area contributed by atoms with Crippen LogP contribution in [0.15, 0.2) is 97.6 Å². The Labute approximate surface area is 334 Å². The third-order valence-electron chi connectivity index (χ3n) is 10.3. The van der Waals surface area contributed by atoms with Gasteiger partial charge in [0.05, 0.1) is 13.0 Å². The standard InChI is InChI=1S/C43H46ClN7O6/c1-3-32(40(45)53)35(20-28-24-49-36-10-8-30(52)21-33(28)36)41(54)50-39(18-25-4-6-29(44)7-5-25)43(56)51-38(19-26-12-15-46-16-13-26)42(55)47-17-14-27-23-48-37-11-9-31(57-2)22-34(27)37/h4-13,15-16,21-24,32,35,38-39,48-49,52H,3,14,17-20H2,1-2H3,(H2,45,53)(H,47,55)(H,50,54)(H,51,56)/t32?,35-,38-,39-/m0/s1. The van der Waals surface area contributed by atoms with Crippen LogP contribution < -0.4 is 26.4 Å². The van der Waals surface area contributed by atoms with Crippen molar-refractivity contribution in [2.24, 2.45) is 17.6 Å². The smallest absolute Gasteiger partial charge is 0.243 e. The number of carbonyl (C=O) groups excluding carboxylic acids is 4. The molecule has 0 saturated carbocycles. The van der Waals surface area contributed by atoms with Gasteiger partial charge in [-0.05, 0) is 102 Å². The van der Waals surface area contributed by atoms with Gasteiger partial charge >= 0.3 is 0 Å². The maximum absolute atomic E-state index is 14.4. The molecule has 57 heavy (non-hydrogen) atoms. The Morgan fingerprint density at radius 1 is 0.772 bits per heavy atom. The first-order valence-corrected chi connectivity index (χ1v) is 19.1. The number of ether oxygens (including phenoxy) is 1. The number of methoxy groups -OCH3 is 1. The zero-order valence-electron chi connectivity index (χ0n) is 31.7. The van der Waals surface area contributed by atoms with Gasteiger partial charge in [-0.25, -0.2) is 0 Å². The van der Waals surface area contributed by atoms with E-state index in [4.69, 9.17) is 22.1 Å². The predicted molar refractivity (Wildman–Crippen MR) is 219 cm³/mol. The molecule has 14 heteroatoms. The van der Waals surface area contributed by atoms with Crippen molar-refractivity contribution in [2.45, 2.75) is 51.1 Å². The van der Waals surface area contributed by atoms with Gasteiger partial charge in [0.25, 0.3) is 0 Å². The summed E-state index contributed by atoms with van der Waals surface area (Å²) in [4.78, 5) is 65.8. The summed E-state index contributed by atoms with van der Waals surface area (Å²) in [5.74, 6) is -3.28. The summed E-state index contributed by atoms with van der Waals surface area (Å²) < 4.78 is 5.39. The molecular formula is C43H46ClN7O6. The minimum atomic E-state index is -1.16. The van der Waals surface area contributed by atoms with Crippen molar-refractivity contribution >= 4 is 57.0 Å². The highest BCUT2D eigenvalue weighted by molar-refractivity contribution is 6.30. The second-order valence-corrected chi connectivity index (χ2v) is 14.5. The highest BCUT2D eigenvalue weighted by atomic mass is 35.5. The van der Waals surface area contributed by atoms with E-state index in [1.807, 2.05) is 24.4 Å². The first-order valence-electron chi connectivity index (χ1n) is 18.8. The van der Waals surface area contributed by atoms with Gasteiger partial charge in [0.15, 0.2) is 0 Å². The molecule has 0 aliphatic carbocycles. The number of hydrogen-bond donors (Lipinski definition) is 7. The number of nitrogens with two attached hydrogens (primary N) is 1. The number of primary amides is 1. The molecule has 3 aromatic heterocycles. The molecule has 0 radical (unpaired) electrons. The lowest BCUT2D eigenvalue weighted by molar-refractivity contribution is -0.136. The Kier molecular flexibility index (Phi) is 13.1. The quantitative estimate of drug-likeness (QED) is 0.0641. The second-order valence-electron chi connectivity index (χ2n) is 14.1. The van der Waals surface area contributed by atoms with Gasteiger partial charge in [-0.2, -0.15) is 0 Å². The van der Waals surface area contributed by atoms with Gasteiger partial charge in [0, 0.05) is 76.9 Å². The van der Waals surface area contributed by atoms with E-state index in [-0.39, 0.29) is 38.0 Å². The van der Waals surface area contributed by atoms with Gasteiger partial charge in [-0.15, -0.1) is 0 Å². The average Bonchev–Trinajstić information content (AvgIpc) is 3.80. The van der Waals surface area contributed by atoms with E-state index in [0.29, 0.717) is 28.0 Å². The molecule has 3 aromatic carbocycles. The molecule has 4 amide bonds. The fourth-order valence-corrected chi connectivity index (χ4v) is 7.32. The van der Waals surface area contributed by atoms with Crippen molar-refractivity contribution in [3.8, 4) is 11.5 Å². The van der Waals surface area contributed by atoms with Gasteiger partial charge in [-0.1, -0.05) is 30.7 Å². The van der Waals surface area contributed by atoms with Crippen LogP contribution in [-0.2, 0) is 44.9 Å². The number of phenolic OH excluding ortho intramolecular Hbond substituents is 1. The molecule has 0 bridgehead atoms. The number of rotatable bonds is 18. The van der Waals surface area contributed by atoms with Crippen LogP contribution in [-0.4, -0.2) is 69.4 Å². The molecule has 0 aliphatic rings. The van der Waals surface area contributed by atoms with E-state index in [0.717, 1.165) is 33.3 Å². The SMILES string of the molecule is CCC(C(N)=O)[C@H](Cc1c[nH]c2ccc(O)cc12)C(=O)N[C@@H](Cc1ccc(Cl)cc1)C(=O)N[C@@H](Cc1ccncc1)C(=O)NCCc1c[nH]c2ccc(OC)cc12. The number of aromatic nitrogens is 3. The lowest BCUT2D eigenvalue weighted by Gasteiger charge is -2.27. The molecule has 1 unspecified atom stereocenters. The number of nitrogens with zero attached hydrogens (tertiary/aromatic N) is 1. The predicted octanol–water partition coefficient (Wildman–Crippen LogP) is 4.90. The number of pyridine rings is 1. The van der Waals surface area contributed by atoms with Crippen LogP contribution in [0.4, 0.5) is 0 Å². The number of carbonyl (C=O) groups is 4. The summed E-state index contributed by atoms with van der Waals surface area (Å²) in [5.41, 5.74) is 10.7. The molecule has 3 heterocycles. The summed E-state index contributed by atoms with van der Waals surface area (Å²) >= 11 is 6.17. The summed E-state index contributed by atoms with van der Waals surface area (Å²) in [5, 5.41) is 21.2. The van der Waals surface area contributed by atoms with E-state index >= 15 is 0 Å². The van der Waals surface area contributed by atoms with E-state index in [1.54, 1.807) is 87.2 Å². The third kappa shape index (κ3) is 10.1. The summed E-state index contributed by atoms with van der Waals surface area (Å²) in [6.45, 7) is 2.06.